The third kappa shape index (κ3) is 4.18. The van der Waals surface area contributed by atoms with E-state index in [2.05, 4.69) is 10.6 Å². The number of rotatable bonds is 4. The summed E-state index contributed by atoms with van der Waals surface area (Å²) in [6, 6.07) is 0.350. The number of morpholine rings is 1. The molecule has 6 nitrogen and oxygen atoms in total. The summed E-state index contributed by atoms with van der Waals surface area (Å²) in [6.45, 7) is 2.03. The van der Waals surface area contributed by atoms with E-state index in [0.717, 1.165) is 12.8 Å². The zero-order valence-electron chi connectivity index (χ0n) is 11.5. The molecule has 2 N–H and O–H groups in total. The maximum absolute atomic E-state index is 11.9. The first-order valence-electron chi connectivity index (χ1n) is 7.04. The molecule has 2 aliphatic rings. The molecule has 6 heteroatoms. The molecule has 1 heterocycles. The maximum Gasteiger partial charge on any atom is 0.250 e. The molecule has 1 aliphatic carbocycles. The highest BCUT2D eigenvalue weighted by molar-refractivity contribution is 5.81. The average Bonchev–Trinajstić information content (AvgIpc) is 2.90. The van der Waals surface area contributed by atoms with E-state index < -0.39 is 6.10 Å². The normalized spacial score (nSPS) is 25.2. The fraction of sp³-hybridized carbons (Fsp3) is 0.846. The standard InChI is InChI=1S/C13H23N3O3/c1-14-13(18)11-8-16(6-7-19-11)9-12(17)15-10-4-2-3-5-10/h10-11H,2-9H2,1H3,(H,14,18)(H,15,17). The van der Waals surface area contributed by atoms with Gasteiger partial charge >= 0.3 is 0 Å². The molecule has 0 aromatic carbocycles. The molecule has 19 heavy (non-hydrogen) atoms. The first kappa shape index (κ1) is 14.3. The topological polar surface area (TPSA) is 70.7 Å². The summed E-state index contributed by atoms with van der Waals surface area (Å²) >= 11 is 0. The minimum atomic E-state index is -0.460. The van der Waals surface area contributed by atoms with Gasteiger partial charge in [0.05, 0.1) is 13.2 Å². The minimum Gasteiger partial charge on any atom is -0.366 e. The van der Waals surface area contributed by atoms with Gasteiger partial charge in [0.2, 0.25) is 11.8 Å². The summed E-state index contributed by atoms with van der Waals surface area (Å²) in [5.41, 5.74) is 0. The number of likely N-dealkylation sites (N-methyl/N-ethyl adjacent to an activating group) is 1. The molecule has 1 unspecified atom stereocenters. The van der Waals surface area contributed by atoms with Crippen molar-refractivity contribution in [2.45, 2.75) is 37.8 Å². The Morgan fingerprint density at radius 1 is 1.32 bits per heavy atom. The van der Waals surface area contributed by atoms with Crippen LogP contribution < -0.4 is 10.6 Å². The summed E-state index contributed by atoms with van der Waals surface area (Å²) in [7, 11) is 1.59. The molecule has 0 radical (unpaired) electrons. The smallest absolute Gasteiger partial charge is 0.250 e. The molecule has 0 spiro atoms. The predicted molar refractivity (Wildman–Crippen MR) is 70.6 cm³/mol. The number of carbonyl (C=O) groups is 2. The van der Waals surface area contributed by atoms with Gasteiger partial charge in [-0.2, -0.15) is 0 Å². The van der Waals surface area contributed by atoms with Crippen molar-refractivity contribution in [1.82, 2.24) is 15.5 Å². The van der Waals surface area contributed by atoms with E-state index in [1.807, 2.05) is 4.90 Å². The summed E-state index contributed by atoms with van der Waals surface area (Å²) < 4.78 is 5.39. The Balaban J connectivity index is 1.74. The average molecular weight is 269 g/mol. The molecule has 1 aliphatic heterocycles. The van der Waals surface area contributed by atoms with E-state index in [4.69, 9.17) is 4.74 Å². The van der Waals surface area contributed by atoms with Gasteiger partial charge in [0, 0.05) is 26.2 Å². The Morgan fingerprint density at radius 3 is 2.74 bits per heavy atom. The summed E-state index contributed by atoms with van der Waals surface area (Å²) in [5, 5.41) is 5.64. The molecule has 108 valence electrons. The number of hydrogen-bond donors (Lipinski definition) is 2. The molecular weight excluding hydrogens is 246 g/mol. The zero-order valence-corrected chi connectivity index (χ0v) is 11.5. The van der Waals surface area contributed by atoms with E-state index in [1.54, 1.807) is 7.05 Å². The van der Waals surface area contributed by atoms with E-state index >= 15 is 0 Å². The van der Waals surface area contributed by atoms with Crippen molar-refractivity contribution < 1.29 is 14.3 Å². The second-order valence-electron chi connectivity index (χ2n) is 5.26. The lowest BCUT2D eigenvalue weighted by Crippen LogP contribution is -2.52. The van der Waals surface area contributed by atoms with Gasteiger partial charge in [-0.05, 0) is 12.8 Å². The number of ether oxygens (including phenoxy) is 1. The summed E-state index contributed by atoms with van der Waals surface area (Å²) in [6.07, 6.45) is 4.14. The summed E-state index contributed by atoms with van der Waals surface area (Å²) in [5.74, 6) is -0.0645. The molecular formula is C13H23N3O3. The van der Waals surface area contributed by atoms with Gasteiger partial charge in [-0.25, -0.2) is 0 Å². The van der Waals surface area contributed by atoms with Crippen molar-refractivity contribution in [3.8, 4) is 0 Å². The molecule has 2 fully saturated rings. The van der Waals surface area contributed by atoms with Crippen LogP contribution in [0, 0.1) is 0 Å². The molecule has 0 aromatic heterocycles. The molecule has 2 amide bonds. The number of carbonyl (C=O) groups excluding carboxylic acids is 2. The van der Waals surface area contributed by atoms with Crippen LogP contribution in [-0.4, -0.2) is 62.1 Å². The number of nitrogens with zero attached hydrogens (tertiary/aromatic N) is 1. The fourth-order valence-electron chi connectivity index (χ4n) is 2.71. The first-order chi connectivity index (χ1) is 9.19. The number of hydrogen-bond acceptors (Lipinski definition) is 4. The minimum absolute atomic E-state index is 0.0597. The van der Waals surface area contributed by atoms with Crippen LogP contribution in [0.15, 0.2) is 0 Å². The highest BCUT2D eigenvalue weighted by Crippen LogP contribution is 2.17. The van der Waals surface area contributed by atoms with Crippen LogP contribution in [0.4, 0.5) is 0 Å². The fourth-order valence-corrected chi connectivity index (χ4v) is 2.71. The van der Waals surface area contributed by atoms with E-state index in [1.165, 1.54) is 12.8 Å². The second-order valence-corrected chi connectivity index (χ2v) is 5.26. The third-order valence-electron chi connectivity index (χ3n) is 3.78. The zero-order chi connectivity index (χ0) is 13.7. The molecule has 0 bridgehead atoms. The van der Waals surface area contributed by atoms with Gasteiger partial charge in [-0.15, -0.1) is 0 Å². The Labute approximate surface area is 113 Å². The lowest BCUT2D eigenvalue weighted by molar-refractivity contribution is -0.140. The van der Waals surface area contributed by atoms with Crippen molar-refractivity contribution >= 4 is 11.8 Å². The molecule has 1 saturated heterocycles. The van der Waals surface area contributed by atoms with Gasteiger partial charge in [0.1, 0.15) is 6.10 Å². The second kappa shape index (κ2) is 6.86. The van der Waals surface area contributed by atoms with Crippen molar-refractivity contribution in [3.05, 3.63) is 0 Å². The molecule has 1 atom stereocenters. The van der Waals surface area contributed by atoms with E-state index in [0.29, 0.717) is 32.3 Å². The Bertz CT molecular complexity index is 329. The van der Waals surface area contributed by atoms with Crippen molar-refractivity contribution in [2.24, 2.45) is 0 Å². The molecule has 1 saturated carbocycles. The largest absolute Gasteiger partial charge is 0.366 e. The number of nitrogens with one attached hydrogen (secondary N) is 2. The Kier molecular flexibility index (Phi) is 5.15. The van der Waals surface area contributed by atoms with Gasteiger partial charge < -0.3 is 15.4 Å². The van der Waals surface area contributed by atoms with Crippen molar-refractivity contribution in [2.75, 3.05) is 33.3 Å². The first-order valence-corrected chi connectivity index (χ1v) is 7.04. The van der Waals surface area contributed by atoms with Crippen LogP contribution in [0.3, 0.4) is 0 Å². The highest BCUT2D eigenvalue weighted by Gasteiger charge is 2.27. The number of amides is 2. The summed E-state index contributed by atoms with van der Waals surface area (Å²) in [4.78, 5) is 25.4. The quantitative estimate of drug-likeness (QED) is 0.721. The maximum atomic E-state index is 11.9. The van der Waals surface area contributed by atoms with Gasteiger partial charge in [0.15, 0.2) is 0 Å². The highest BCUT2D eigenvalue weighted by atomic mass is 16.5. The predicted octanol–water partition coefficient (Wildman–Crippen LogP) is -0.508. The van der Waals surface area contributed by atoms with Crippen LogP contribution in [0.25, 0.3) is 0 Å². The lowest BCUT2D eigenvalue weighted by atomic mass is 10.2. The SMILES string of the molecule is CNC(=O)C1CN(CC(=O)NC2CCCC2)CCO1. The van der Waals surface area contributed by atoms with Crippen LogP contribution in [-0.2, 0) is 14.3 Å². The molecule has 0 aromatic rings. The van der Waals surface area contributed by atoms with Gasteiger partial charge in [-0.3, -0.25) is 14.5 Å². The lowest BCUT2D eigenvalue weighted by Gasteiger charge is -2.31. The van der Waals surface area contributed by atoms with Gasteiger partial charge in [0.25, 0.3) is 0 Å². The third-order valence-corrected chi connectivity index (χ3v) is 3.78. The molecule has 2 rings (SSSR count). The van der Waals surface area contributed by atoms with Crippen LogP contribution in [0.1, 0.15) is 25.7 Å². The van der Waals surface area contributed by atoms with E-state index in [-0.39, 0.29) is 11.8 Å². The monoisotopic (exact) mass is 269 g/mol. The van der Waals surface area contributed by atoms with Gasteiger partial charge in [-0.1, -0.05) is 12.8 Å². The van der Waals surface area contributed by atoms with Crippen molar-refractivity contribution in [1.29, 1.82) is 0 Å². The van der Waals surface area contributed by atoms with Crippen LogP contribution in [0.5, 0.6) is 0 Å². The van der Waals surface area contributed by atoms with Crippen LogP contribution in [0.2, 0.25) is 0 Å². The van der Waals surface area contributed by atoms with E-state index in [9.17, 15) is 9.59 Å². The van der Waals surface area contributed by atoms with Crippen LogP contribution >= 0.6 is 0 Å². The Hall–Kier alpha value is -1.14. The van der Waals surface area contributed by atoms with Crippen molar-refractivity contribution in [3.63, 3.8) is 0 Å². The Morgan fingerprint density at radius 2 is 2.05 bits per heavy atom.